The monoisotopic (exact) mass is 309 g/mol. The highest BCUT2D eigenvalue weighted by Gasteiger charge is 2.07. The van der Waals surface area contributed by atoms with Crippen LogP contribution >= 0.6 is 15.9 Å². The van der Waals surface area contributed by atoms with Gasteiger partial charge < -0.3 is 10.5 Å². The van der Waals surface area contributed by atoms with E-state index in [1.807, 2.05) is 25.1 Å². The van der Waals surface area contributed by atoms with Crippen molar-refractivity contribution in [1.29, 1.82) is 0 Å². The lowest BCUT2D eigenvalue weighted by atomic mass is 10.2. The molecule has 0 saturated carbocycles. The molecule has 0 atom stereocenters. The van der Waals surface area contributed by atoms with Crippen molar-refractivity contribution in [2.24, 2.45) is 5.73 Å². The lowest BCUT2D eigenvalue weighted by Crippen LogP contribution is -2.00. The summed E-state index contributed by atoms with van der Waals surface area (Å²) in [6.07, 6.45) is 0. The van der Waals surface area contributed by atoms with Gasteiger partial charge in [0.25, 0.3) is 0 Å². The summed E-state index contributed by atoms with van der Waals surface area (Å²) in [4.78, 5) is 0. The molecule has 0 aliphatic carbocycles. The standard InChI is InChI=1S/C14H13BrFNO/c1-9-2-3-11(15)7-14(9)18-13-5-4-12(16)6-10(13)8-17/h2-7H,8,17H2,1H3. The molecule has 2 aromatic carbocycles. The van der Waals surface area contributed by atoms with Crippen molar-refractivity contribution >= 4 is 15.9 Å². The van der Waals surface area contributed by atoms with Gasteiger partial charge in [0.2, 0.25) is 0 Å². The van der Waals surface area contributed by atoms with Gasteiger partial charge in [-0.25, -0.2) is 4.39 Å². The maximum absolute atomic E-state index is 13.1. The van der Waals surface area contributed by atoms with E-state index in [1.54, 1.807) is 6.07 Å². The molecule has 4 heteroatoms. The molecule has 0 aromatic heterocycles. The Bertz CT molecular complexity index is 572. The smallest absolute Gasteiger partial charge is 0.132 e. The van der Waals surface area contributed by atoms with E-state index in [1.165, 1.54) is 12.1 Å². The summed E-state index contributed by atoms with van der Waals surface area (Å²) < 4.78 is 19.8. The third-order valence-corrected chi connectivity index (χ3v) is 3.11. The molecule has 2 rings (SSSR count). The highest BCUT2D eigenvalue weighted by atomic mass is 79.9. The molecule has 0 bridgehead atoms. The van der Waals surface area contributed by atoms with Crippen molar-refractivity contribution in [1.82, 2.24) is 0 Å². The second-order valence-electron chi connectivity index (χ2n) is 3.97. The third-order valence-electron chi connectivity index (χ3n) is 2.61. The van der Waals surface area contributed by atoms with Crippen LogP contribution < -0.4 is 10.5 Å². The minimum atomic E-state index is -0.311. The molecule has 0 fully saturated rings. The summed E-state index contributed by atoms with van der Waals surface area (Å²) in [6, 6.07) is 10.1. The van der Waals surface area contributed by atoms with Gasteiger partial charge in [0, 0.05) is 16.6 Å². The molecule has 0 aliphatic heterocycles. The van der Waals surface area contributed by atoms with Crippen LogP contribution in [0.25, 0.3) is 0 Å². The Hall–Kier alpha value is -1.39. The zero-order valence-corrected chi connectivity index (χ0v) is 11.5. The van der Waals surface area contributed by atoms with E-state index in [2.05, 4.69) is 15.9 Å². The van der Waals surface area contributed by atoms with Gasteiger partial charge in [-0.05, 0) is 42.8 Å². The Labute approximate surface area is 114 Å². The molecular weight excluding hydrogens is 297 g/mol. The molecular formula is C14H13BrFNO. The topological polar surface area (TPSA) is 35.2 Å². The van der Waals surface area contributed by atoms with Crippen LogP contribution in [0.15, 0.2) is 40.9 Å². The molecule has 2 aromatic rings. The van der Waals surface area contributed by atoms with Crippen molar-refractivity contribution in [3.05, 3.63) is 57.8 Å². The molecule has 0 heterocycles. The average Bonchev–Trinajstić information content (AvgIpc) is 2.36. The molecule has 2 nitrogen and oxygen atoms in total. The zero-order valence-electron chi connectivity index (χ0n) is 9.91. The van der Waals surface area contributed by atoms with Gasteiger partial charge >= 0.3 is 0 Å². The number of rotatable bonds is 3. The van der Waals surface area contributed by atoms with Crippen molar-refractivity contribution in [3.8, 4) is 11.5 Å². The first kappa shape index (κ1) is 13.1. The molecule has 94 valence electrons. The van der Waals surface area contributed by atoms with Crippen molar-refractivity contribution in [2.45, 2.75) is 13.5 Å². The van der Waals surface area contributed by atoms with Gasteiger partial charge in [0.1, 0.15) is 17.3 Å². The SMILES string of the molecule is Cc1ccc(Br)cc1Oc1ccc(F)cc1CN. The minimum Gasteiger partial charge on any atom is -0.457 e. The van der Waals surface area contributed by atoms with Crippen LogP contribution in [-0.4, -0.2) is 0 Å². The van der Waals surface area contributed by atoms with Gasteiger partial charge in [-0.2, -0.15) is 0 Å². The van der Waals surface area contributed by atoms with Gasteiger partial charge in [-0.15, -0.1) is 0 Å². The number of halogens is 2. The number of benzene rings is 2. The second kappa shape index (κ2) is 5.50. The highest BCUT2D eigenvalue weighted by molar-refractivity contribution is 9.10. The first-order valence-corrected chi connectivity index (χ1v) is 6.32. The summed E-state index contributed by atoms with van der Waals surface area (Å²) in [6.45, 7) is 2.19. The van der Waals surface area contributed by atoms with Crippen LogP contribution in [0, 0.1) is 12.7 Å². The van der Waals surface area contributed by atoms with E-state index in [-0.39, 0.29) is 12.4 Å². The molecule has 0 radical (unpaired) electrons. The van der Waals surface area contributed by atoms with E-state index in [0.717, 1.165) is 15.8 Å². The maximum Gasteiger partial charge on any atom is 0.132 e. The van der Waals surface area contributed by atoms with Gasteiger partial charge in [-0.1, -0.05) is 22.0 Å². The molecule has 0 amide bonds. The number of aryl methyl sites for hydroxylation is 1. The third kappa shape index (κ3) is 2.89. The largest absolute Gasteiger partial charge is 0.457 e. The summed E-state index contributed by atoms with van der Waals surface area (Å²) >= 11 is 3.39. The van der Waals surface area contributed by atoms with Crippen molar-refractivity contribution in [2.75, 3.05) is 0 Å². The second-order valence-corrected chi connectivity index (χ2v) is 4.88. The van der Waals surface area contributed by atoms with Crippen LogP contribution in [0.1, 0.15) is 11.1 Å². The predicted molar refractivity (Wildman–Crippen MR) is 73.2 cm³/mol. The van der Waals surface area contributed by atoms with Crippen molar-refractivity contribution in [3.63, 3.8) is 0 Å². The molecule has 0 unspecified atom stereocenters. The predicted octanol–water partition coefficient (Wildman–Crippen LogP) is 4.15. The zero-order chi connectivity index (χ0) is 13.1. The summed E-state index contributed by atoms with van der Waals surface area (Å²) in [7, 11) is 0. The Morgan fingerprint density at radius 2 is 1.94 bits per heavy atom. The van der Waals surface area contributed by atoms with E-state index >= 15 is 0 Å². The summed E-state index contributed by atoms with van der Waals surface area (Å²) in [5, 5.41) is 0. The molecule has 0 spiro atoms. The van der Waals surface area contributed by atoms with Gasteiger partial charge in [-0.3, -0.25) is 0 Å². The lowest BCUT2D eigenvalue weighted by molar-refractivity contribution is 0.470. The van der Waals surface area contributed by atoms with Gasteiger partial charge in [0.15, 0.2) is 0 Å². The minimum absolute atomic E-state index is 0.236. The van der Waals surface area contributed by atoms with Crippen LogP contribution in [0.3, 0.4) is 0 Å². The number of nitrogens with two attached hydrogens (primary N) is 1. The fraction of sp³-hybridized carbons (Fsp3) is 0.143. The molecule has 2 N–H and O–H groups in total. The first-order valence-electron chi connectivity index (χ1n) is 5.52. The Morgan fingerprint density at radius 3 is 2.67 bits per heavy atom. The Balaban J connectivity index is 2.36. The average molecular weight is 310 g/mol. The normalized spacial score (nSPS) is 10.4. The Morgan fingerprint density at radius 1 is 1.17 bits per heavy atom. The molecule has 0 aliphatic rings. The fourth-order valence-electron chi connectivity index (χ4n) is 1.61. The van der Waals surface area contributed by atoms with Crippen LogP contribution in [0.5, 0.6) is 11.5 Å². The summed E-state index contributed by atoms with van der Waals surface area (Å²) in [5.41, 5.74) is 7.24. The van der Waals surface area contributed by atoms with Crippen LogP contribution in [0.4, 0.5) is 4.39 Å². The molecule has 0 saturated heterocycles. The van der Waals surface area contributed by atoms with Crippen molar-refractivity contribution < 1.29 is 9.13 Å². The van der Waals surface area contributed by atoms with E-state index in [0.29, 0.717) is 11.3 Å². The number of hydrogen-bond donors (Lipinski definition) is 1. The lowest BCUT2D eigenvalue weighted by Gasteiger charge is -2.12. The van der Waals surface area contributed by atoms with Crippen LogP contribution in [-0.2, 0) is 6.54 Å². The highest BCUT2D eigenvalue weighted by Crippen LogP contribution is 2.30. The number of ether oxygens (including phenoxy) is 1. The van der Waals surface area contributed by atoms with Crippen LogP contribution in [0.2, 0.25) is 0 Å². The Kier molecular flexibility index (Phi) is 3.99. The fourth-order valence-corrected chi connectivity index (χ4v) is 1.95. The number of hydrogen-bond acceptors (Lipinski definition) is 2. The van der Waals surface area contributed by atoms with E-state index in [4.69, 9.17) is 10.5 Å². The molecule has 18 heavy (non-hydrogen) atoms. The van der Waals surface area contributed by atoms with E-state index in [9.17, 15) is 4.39 Å². The van der Waals surface area contributed by atoms with E-state index < -0.39 is 0 Å². The summed E-state index contributed by atoms with van der Waals surface area (Å²) in [5.74, 6) is 1.000. The quantitative estimate of drug-likeness (QED) is 0.924. The van der Waals surface area contributed by atoms with Gasteiger partial charge in [0.05, 0.1) is 0 Å². The first-order chi connectivity index (χ1) is 8.60. The maximum atomic E-state index is 13.1.